The van der Waals surface area contributed by atoms with E-state index in [4.69, 9.17) is 23.2 Å². The molecule has 2 saturated heterocycles. The zero-order chi connectivity index (χ0) is 50.2. The lowest BCUT2D eigenvalue weighted by Gasteiger charge is -2.53. The van der Waals surface area contributed by atoms with Crippen molar-refractivity contribution in [1.82, 2.24) is 30.0 Å². The third-order valence-electron chi connectivity index (χ3n) is 18.0. The third kappa shape index (κ3) is 7.77. The standard InChI is InChI=1S/C55H61Cl2FN8O6/c1-2-66-47(45(36-11-8-12-39(57)46(36)58)55(54(66)19-5-3-6-20-54)38-16-15-33(56)28-41(38)61-51(55)72)49(70)63-53-24-21-52(22-25-53,23-26-53)43(67)14-4-7-27-64-30-34(60-32-64)29-59-40-13-9-10-35-37(40)31-65(50(35)71)42-17-18-44(68)62-48(42)69/h8-13,15-16,28,30,32,42,45,47,59H,2-7,14,17-27,29,31H2,1H3,(H,61,72)(H,63,70)(H,62,68,69)/t42?,45-,47+,52?,53?,55+/m0/s1. The molecule has 4 aliphatic carbocycles. The summed E-state index contributed by atoms with van der Waals surface area (Å²) in [7, 11) is 0. The van der Waals surface area contributed by atoms with Crippen molar-refractivity contribution in [3.63, 3.8) is 0 Å². The number of carbonyl (C=O) groups is 6. The van der Waals surface area contributed by atoms with Gasteiger partial charge in [0.15, 0.2) is 0 Å². The summed E-state index contributed by atoms with van der Waals surface area (Å²) in [6.45, 7) is 3.93. The fourth-order valence-electron chi connectivity index (χ4n) is 14.6. The second-order valence-electron chi connectivity index (χ2n) is 21.5. The first-order chi connectivity index (χ1) is 34.7. The lowest BCUT2D eigenvalue weighted by Crippen LogP contribution is -2.63. The molecule has 2 bridgehead atoms. The van der Waals surface area contributed by atoms with Crippen LogP contribution in [0.3, 0.4) is 0 Å². The van der Waals surface area contributed by atoms with Gasteiger partial charge in [0.05, 0.1) is 29.6 Å². The summed E-state index contributed by atoms with van der Waals surface area (Å²) < 4.78 is 18.7. The molecule has 5 heterocycles. The minimum Gasteiger partial charge on any atom is -0.379 e. The van der Waals surface area contributed by atoms with Crippen LogP contribution in [0.5, 0.6) is 0 Å². The maximum absolute atomic E-state index is 16.7. The highest BCUT2D eigenvalue weighted by atomic mass is 35.5. The number of amides is 5. The van der Waals surface area contributed by atoms with Crippen LogP contribution in [0.4, 0.5) is 15.8 Å². The summed E-state index contributed by atoms with van der Waals surface area (Å²) in [4.78, 5) is 90.6. The first-order valence-corrected chi connectivity index (χ1v) is 26.7. The second kappa shape index (κ2) is 18.7. The van der Waals surface area contributed by atoms with Gasteiger partial charge in [-0.15, -0.1) is 0 Å². The highest BCUT2D eigenvalue weighted by molar-refractivity contribution is 6.31. The summed E-state index contributed by atoms with van der Waals surface area (Å²) in [6, 6.07) is 14.3. The summed E-state index contributed by atoms with van der Waals surface area (Å²) in [5.41, 5.74) is 1.56. The van der Waals surface area contributed by atoms with E-state index in [1.54, 1.807) is 41.6 Å². The van der Waals surface area contributed by atoms with E-state index < -0.39 is 51.6 Å². The van der Waals surface area contributed by atoms with Crippen molar-refractivity contribution in [3.8, 4) is 0 Å². The van der Waals surface area contributed by atoms with Gasteiger partial charge in [0.1, 0.15) is 23.1 Å². The van der Waals surface area contributed by atoms with Gasteiger partial charge in [-0.05, 0) is 119 Å². The Labute approximate surface area is 428 Å². The average molecular weight is 1020 g/mol. The van der Waals surface area contributed by atoms with Crippen molar-refractivity contribution in [2.75, 3.05) is 17.2 Å². The van der Waals surface area contributed by atoms with Gasteiger partial charge < -0.3 is 25.4 Å². The van der Waals surface area contributed by atoms with Crippen molar-refractivity contribution in [3.05, 3.63) is 111 Å². The van der Waals surface area contributed by atoms with Crippen LogP contribution < -0.4 is 21.3 Å². The van der Waals surface area contributed by atoms with Crippen molar-refractivity contribution in [2.45, 2.75) is 164 Å². The van der Waals surface area contributed by atoms with Crippen molar-refractivity contribution in [1.29, 1.82) is 0 Å². The van der Waals surface area contributed by atoms with Crippen LogP contribution in [0, 0.1) is 11.2 Å². The van der Waals surface area contributed by atoms with Gasteiger partial charge in [0.25, 0.3) is 5.91 Å². The number of imidazole rings is 1. The number of aromatic nitrogens is 2. The van der Waals surface area contributed by atoms with Crippen LogP contribution >= 0.6 is 23.2 Å². The Morgan fingerprint density at radius 1 is 0.903 bits per heavy atom. The number of benzene rings is 3. The summed E-state index contributed by atoms with van der Waals surface area (Å²) >= 11 is 13.1. The number of ketones is 1. The van der Waals surface area contributed by atoms with Gasteiger partial charge in [-0.3, -0.25) is 39.0 Å². The molecular weight excluding hydrogens is 959 g/mol. The number of rotatable bonds is 14. The number of nitrogens with one attached hydrogen (secondary N) is 4. The fourth-order valence-corrected chi connectivity index (χ4v) is 14.9. The topological polar surface area (TPSA) is 175 Å². The number of anilines is 2. The molecule has 17 heteroatoms. The molecule has 14 nitrogen and oxygen atoms in total. The molecule has 4 aliphatic heterocycles. The van der Waals surface area contributed by atoms with E-state index in [1.807, 2.05) is 35.9 Å². The Balaban J connectivity index is 0.726. The van der Waals surface area contributed by atoms with Crippen LogP contribution in [0.1, 0.15) is 148 Å². The van der Waals surface area contributed by atoms with Gasteiger partial charge in [-0.1, -0.05) is 73.7 Å². The number of halogens is 3. The number of aryl methyl sites for hydroxylation is 1. The number of hydrogen-bond donors (Lipinski definition) is 4. The Morgan fingerprint density at radius 2 is 1.67 bits per heavy atom. The van der Waals surface area contributed by atoms with E-state index in [2.05, 4.69) is 31.2 Å². The van der Waals surface area contributed by atoms with E-state index in [0.717, 1.165) is 54.6 Å². The lowest BCUT2D eigenvalue weighted by molar-refractivity contribution is -0.140. The molecule has 4 N–H and O–H groups in total. The zero-order valence-electron chi connectivity index (χ0n) is 40.6. The molecule has 1 unspecified atom stereocenters. The van der Waals surface area contributed by atoms with Crippen LogP contribution in [0.25, 0.3) is 0 Å². The van der Waals surface area contributed by atoms with Gasteiger partial charge in [-0.2, -0.15) is 0 Å². The molecule has 4 saturated carbocycles. The molecule has 72 heavy (non-hydrogen) atoms. The Morgan fingerprint density at radius 3 is 2.42 bits per heavy atom. The largest absolute Gasteiger partial charge is 0.379 e. The fraction of sp³-hybridized carbons (Fsp3) is 0.509. The maximum atomic E-state index is 16.7. The Hall–Kier alpha value is -5.64. The SMILES string of the molecule is CCN1[C@@H](C(=O)NC23CCC(C(=O)CCCCn4cnc(CNc5cccc6c5CN(C5CCC(=O)NC5=O)C6=O)c4)(CC2)CC3)[C@H](c2cccc(Cl)c2F)[C@]2(C(=O)Nc3cc(Cl)ccc32)C12CCCCC2. The summed E-state index contributed by atoms with van der Waals surface area (Å²) in [6.07, 6.45) is 14.5. The smallest absolute Gasteiger partial charge is 0.255 e. The van der Waals surface area contributed by atoms with Gasteiger partial charge in [0.2, 0.25) is 23.6 Å². The monoisotopic (exact) mass is 1020 g/mol. The quantitative estimate of drug-likeness (QED) is 0.0712. The number of nitrogens with zero attached hydrogens (tertiary/aromatic N) is 4. The minimum absolute atomic E-state index is 0.0556. The highest BCUT2D eigenvalue weighted by Gasteiger charge is 2.75. The number of likely N-dealkylation sites (N-methyl/N-ethyl adjacent to an activating group) is 1. The molecule has 1 aromatic heterocycles. The number of piperidine rings is 1. The third-order valence-corrected chi connectivity index (χ3v) is 18.6. The number of carbonyl (C=O) groups excluding carboxylic acids is 6. The number of imide groups is 1. The number of fused-ring (bicyclic) bond motifs is 7. The molecule has 5 amide bonds. The number of unbranched alkanes of at least 4 members (excludes halogenated alkanes) is 1. The first-order valence-electron chi connectivity index (χ1n) is 25.9. The lowest BCUT2D eigenvalue weighted by atomic mass is 9.54. The van der Waals surface area contributed by atoms with E-state index in [9.17, 15) is 19.2 Å². The molecule has 8 aliphatic rings. The molecule has 378 valence electrons. The summed E-state index contributed by atoms with van der Waals surface area (Å²) in [5.74, 6) is -2.65. The summed E-state index contributed by atoms with van der Waals surface area (Å²) in [5, 5.41) is 12.9. The number of hydrogen-bond acceptors (Lipinski definition) is 9. The van der Waals surface area contributed by atoms with Gasteiger partial charge in [-0.25, -0.2) is 9.37 Å². The predicted octanol–water partition coefficient (Wildman–Crippen LogP) is 8.73. The predicted molar refractivity (Wildman–Crippen MR) is 270 cm³/mol. The molecule has 12 rings (SSSR count). The van der Waals surface area contributed by atoms with Crippen LogP contribution in [0.15, 0.2) is 67.1 Å². The molecule has 4 aromatic rings. The number of likely N-dealkylation sites (tertiary alicyclic amines) is 1. The van der Waals surface area contributed by atoms with E-state index in [1.165, 1.54) is 6.07 Å². The van der Waals surface area contributed by atoms with E-state index in [0.29, 0.717) is 106 Å². The Kier molecular flexibility index (Phi) is 12.6. The van der Waals surface area contributed by atoms with Crippen molar-refractivity contribution >= 4 is 69.9 Å². The molecule has 0 radical (unpaired) electrons. The van der Waals surface area contributed by atoms with Crippen molar-refractivity contribution < 1.29 is 33.2 Å². The zero-order valence-corrected chi connectivity index (χ0v) is 42.1. The van der Waals surface area contributed by atoms with Crippen LogP contribution in [0.2, 0.25) is 10.0 Å². The van der Waals surface area contributed by atoms with E-state index in [-0.39, 0.29) is 47.2 Å². The highest BCUT2D eigenvalue weighted by Crippen LogP contribution is 2.67. The van der Waals surface area contributed by atoms with Gasteiger partial charge >= 0.3 is 0 Å². The molecule has 2 spiro atoms. The molecule has 6 fully saturated rings. The Bertz CT molecular complexity index is 2880. The van der Waals surface area contributed by atoms with Crippen LogP contribution in [-0.4, -0.2) is 84.4 Å². The van der Waals surface area contributed by atoms with Crippen molar-refractivity contribution in [2.24, 2.45) is 5.41 Å². The molecule has 4 atom stereocenters. The normalized spacial score (nSPS) is 28.3. The van der Waals surface area contributed by atoms with Crippen LogP contribution in [-0.2, 0) is 49.0 Å². The van der Waals surface area contributed by atoms with Gasteiger partial charge in [0, 0.05) is 82.1 Å². The first kappa shape index (κ1) is 48.6. The minimum atomic E-state index is -1.30. The van der Waals surface area contributed by atoms with E-state index >= 15 is 14.0 Å². The molecular formula is C55H61Cl2FN8O6. The average Bonchev–Trinajstić information content (AvgIpc) is 4.12. The number of Topliss-reactive ketones (excluding diaryl/α,β-unsaturated/α-hetero) is 1. The molecule has 3 aromatic carbocycles. The maximum Gasteiger partial charge on any atom is 0.255 e. The second-order valence-corrected chi connectivity index (χ2v) is 22.4.